The van der Waals surface area contributed by atoms with Crippen LogP contribution in [0.25, 0.3) is 0 Å². The van der Waals surface area contributed by atoms with Crippen molar-refractivity contribution in [3.63, 3.8) is 0 Å². The Balaban J connectivity index is 2.28. The minimum absolute atomic E-state index is 1.41. The van der Waals surface area contributed by atoms with Gasteiger partial charge < -0.3 is 0 Å². The van der Waals surface area contributed by atoms with Crippen LogP contribution >= 0.6 is 0 Å². The molecule has 2 aromatic carbocycles. The zero-order valence-corrected chi connectivity index (χ0v) is 14.1. The first kappa shape index (κ1) is 13.6. The van der Waals surface area contributed by atoms with Crippen LogP contribution in [0.3, 0.4) is 0 Å². The quantitative estimate of drug-likeness (QED) is 0.732. The van der Waals surface area contributed by atoms with Gasteiger partial charge in [0.25, 0.3) is 0 Å². The van der Waals surface area contributed by atoms with Crippen LogP contribution in [0, 0.1) is 27.7 Å². The van der Waals surface area contributed by atoms with Crippen LogP contribution in [-0.4, -0.2) is 8.07 Å². The summed E-state index contributed by atoms with van der Waals surface area (Å²) in [7, 11) is -1.47. The lowest BCUT2D eigenvalue weighted by Gasteiger charge is -2.44. The lowest BCUT2D eigenvalue weighted by atomic mass is 10.1. The molecular formula is C19H24Si. The Labute approximate surface area is 123 Å². The van der Waals surface area contributed by atoms with Gasteiger partial charge in [-0.15, -0.1) is 0 Å². The van der Waals surface area contributed by atoms with Crippen molar-refractivity contribution in [2.45, 2.75) is 46.2 Å². The molecule has 1 fully saturated rings. The van der Waals surface area contributed by atoms with Crippen molar-refractivity contribution in [3.05, 3.63) is 58.7 Å². The molecule has 2 aromatic rings. The van der Waals surface area contributed by atoms with E-state index >= 15 is 0 Å². The molecule has 3 rings (SSSR count). The van der Waals surface area contributed by atoms with Crippen LogP contribution in [0.4, 0.5) is 0 Å². The standard InChI is InChI=1S/C19H24Si/c1-14-8-5-9-15(2)18(14)20(12-7-13-20)19-16(3)10-6-11-17(19)4/h5-6,8-11H,7,12-13H2,1-4H3. The first-order chi connectivity index (χ1) is 9.56. The van der Waals surface area contributed by atoms with E-state index in [9.17, 15) is 0 Å². The zero-order valence-electron chi connectivity index (χ0n) is 13.1. The Bertz CT molecular complexity index is 557. The molecule has 1 aliphatic heterocycles. The highest BCUT2D eigenvalue weighted by molar-refractivity contribution is 7.05. The van der Waals surface area contributed by atoms with Crippen LogP contribution in [0.1, 0.15) is 28.7 Å². The largest absolute Gasteiger partial charge is 0.119 e. The van der Waals surface area contributed by atoms with E-state index in [0.29, 0.717) is 0 Å². The van der Waals surface area contributed by atoms with Gasteiger partial charge in [0.15, 0.2) is 0 Å². The first-order valence-electron chi connectivity index (χ1n) is 7.70. The van der Waals surface area contributed by atoms with Crippen molar-refractivity contribution in [2.75, 3.05) is 0 Å². The maximum Gasteiger partial charge on any atom is 0.119 e. The van der Waals surface area contributed by atoms with Crippen molar-refractivity contribution >= 4 is 18.4 Å². The second kappa shape index (κ2) is 4.89. The third kappa shape index (κ3) is 1.88. The van der Waals surface area contributed by atoms with E-state index < -0.39 is 8.07 Å². The smallest absolute Gasteiger partial charge is 0.0618 e. The average molecular weight is 280 g/mol. The van der Waals surface area contributed by atoms with E-state index in [-0.39, 0.29) is 0 Å². The van der Waals surface area contributed by atoms with E-state index in [2.05, 4.69) is 64.1 Å². The summed E-state index contributed by atoms with van der Waals surface area (Å²) in [6.07, 6.45) is 1.41. The van der Waals surface area contributed by atoms with Crippen LogP contribution < -0.4 is 10.4 Å². The monoisotopic (exact) mass is 280 g/mol. The summed E-state index contributed by atoms with van der Waals surface area (Å²) >= 11 is 0. The average Bonchev–Trinajstić information content (AvgIpc) is 2.34. The summed E-state index contributed by atoms with van der Waals surface area (Å²) in [6.45, 7) is 9.23. The lowest BCUT2D eigenvalue weighted by Crippen LogP contribution is -2.65. The van der Waals surface area contributed by atoms with E-state index in [0.717, 1.165) is 0 Å². The highest BCUT2D eigenvalue weighted by atomic mass is 28.3. The van der Waals surface area contributed by atoms with Gasteiger partial charge in [-0.05, 0) is 50.2 Å². The molecule has 0 saturated carbocycles. The molecule has 0 aliphatic carbocycles. The Morgan fingerprint density at radius 2 is 1.00 bits per heavy atom. The Kier molecular flexibility index (Phi) is 3.33. The van der Waals surface area contributed by atoms with Gasteiger partial charge in [0.2, 0.25) is 0 Å². The van der Waals surface area contributed by atoms with Crippen LogP contribution in [0.5, 0.6) is 0 Å². The molecule has 1 heterocycles. The number of benzene rings is 2. The van der Waals surface area contributed by atoms with Crippen molar-refractivity contribution in [3.8, 4) is 0 Å². The third-order valence-corrected chi connectivity index (χ3v) is 11.0. The molecule has 0 amide bonds. The third-order valence-electron chi connectivity index (χ3n) is 5.13. The van der Waals surface area contributed by atoms with Crippen LogP contribution in [0.2, 0.25) is 12.1 Å². The molecule has 0 aromatic heterocycles. The summed E-state index contributed by atoms with van der Waals surface area (Å²) in [4.78, 5) is 0. The minimum Gasteiger partial charge on any atom is -0.0618 e. The van der Waals surface area contributed by atoms with Crippen molar-refractivity contribution < 1.29 is 0 Å². The van der Waals surface area contributed by atoms with Gasteiger partial charge >= 0.3 is 0 Å². The molecule has 1 heteroatoms. The van der Waals surface area contributed by atoms with Crippen LogP contribution in [0.15, 0.2) is 36.4 Å². The number of rotatable bonds is 2. The maximum absolute atomic E-state index is 2.31. The number of aryl methyl sites for hydroxylation is 4. The van der Waals surface area contributed by atoms with Gasteiger partial charge in [-0.1, -0.05) is 65.1 Å². The summed E-state index contributed by atoms with van der Waals surface area (Å²) in [5.41, 5.74) is 6.05. The highest BCUT2D eigenvalue weighted by Gasteiger charge is 2.46. The normalized spacial score (nSPS) is 16.8. The van der Waals surface area contributed by atoms with Gasteiger partial charge in [0.05, 0.1) is 0 Å². The Hall–Kier alpha value is -1.34. The molecular weight excluding hydrogens is 256 g/mol. The molecule has 1 saturated heterocycles. The molecule has 0 spiro atoms. The molecule has 0 N–H and O–H groups in total. The molecule has 0 bridgehead atoms. The Morgan fingerprint density at radius 3 is 1.25 bits per heavy atom. The SMILES string of the molecule is Cc1cccc(C)c1[Si]1(c2c(C)cccc2C)CCC1. The molecule has 0 nitrogen and oxygen atoms in total. The predicted octanol–water partition coefficient (Wildman–Crippen LogP) is 3.89. The topological polar surface area (TPSA) is 0 Å². The summed E-state index contributed by atoms with van der Waals surface area (Å²) in [5.74, 6) is 0. The summed E-state index contributed by atoms with van der Waals surface area (Å²) in [6, 6.07) is 16.5. The zero-order chi connectivity index (χ0) is 14.3. The fourth-order valence-electron chi connectivity index (χ4n) is 4.29. The molecule has 0 atom stereocenters. The molecule has 1 aliphatic rings. The van der Waals surface area contributed by atoms with E-state index in [1.54, 1.807) is 10.4 Å². The number of hydrogen-bond acceptors (Lipinski definition) is 0. The summed E-state index contributed by atoms with van der Waals surface area (Å²) in [5, 5.41) is 3.45. The van der Waals surface area contributed by atoms with Gasteiger partial charge in [-0.3, -0.25) is 0 Å². The van der Waals surface area contributed by atoms with Gasteiger partial charge in [-0.2, -0.15) is 0 Å². The second-order valence-corrected chi connectivity index (χ2v) is 10.6. The van der Waals surface area contributed by atoms with Gasteiger partial charge in [0.1, 0.15) is 8.07 Å². The van der Waals surface area contributed by atoms with Crippen molar-refractivity contribution in [1.82, 2.24) is 0 Å². The van der Waals surface area contributed by atoms with Crippen molar-refractivity contribution in [2.24, 2.45) is 0 Å². The molecule has 20 heavy (non-hydrogen) atoms. The van der Waals surface area contributed by atoms with E-state index in [4.69, 9.17) is 0 Å². The highest BCUT2D eigenvalue weighted by Crippen LogP contribution is 2.35. The van der Waals surface area contributed by atoms with E-state index in [1.165, 1.54) is 40.8 Å². The lowest BCUT2D eigenvalue weighted by molar-refractivity contribution is 0.923. The predicted molar refractivity (Wildman–Crippen MR) is 91.1 cm³/mol. The van der Waals surface area contributed by atoms with Gasteiger partial charge in [-0.25, -0.2) is 0 Å². The number of hydrogen-bond donors (Lipinski definition) is 0. The van der Waals surface area contributed by atoms with E-state index in [1.807, 2.05) is 0 Å². The maximum atomic E-state index is 2.31. The molecule has 0 unspecified atom stereocenters. The fraction of sp³-hybridized carbons (Fsp3) is 0.368. The summed E-state index contributed by atoms with van der Waals surface area (Å²) < 4.78 is 0. The van der Waals surface area contributed by atoms with Crippen molar-refractivity contribution in [1.29, 1.82) is 0 Å². The Morgan fingerprint density at radius 1 is 0.650 bits per heavy atom. The second-order valence-electron chi connectivity index (χ2n) is 6.47. The molecule has 104 valence electrons. The fourth-order valence-corrected chi connectivity index (χ4v) is 9.96. The first-order valence-corrected chi connectivity index (χ1v) is 10.1. The van der Waals surface area contributed by atoms with Gasteiger partial charge in [0, 0.05) is 0 Å². The molecule has 0 radical (unpaired) electrons. The minimum atomic E-state index is -1.47. The van der Waals surface area contributed by atoms with Crippen LogP contribution in [-0.2, 0) is 0 Å².